The monoisotopic (exact) mass is 244 g/mol. The van der Waals surface area contributed by atoms with Crippen LogP contribution in [0.4, 0.5) is 0 Å². The van der Waals surface area contributed by atoms with Gasteiger partial charge in [-0.15, -0.1) is 0 Å². The Bertz CT molecular complexity index is 511. The van der Waals surface area contributed by atoms with Gasteiger partial charge in [0, 0.05) is 6.42 Å². The van der Waals surface area contributed by atoms with E-state index in [2.05, 4.69) is 33.4 Å². The molecule has 5 nitrogen and oxygen atoms in total. The summed E-state index contributed by atoms with van der Waals surface area (Å²) in [5.41, 5.74) is 8.72. The zero-order valence-electron chi connectivity index (χ0n) is 10.0. The van der Waals surface area contributed by atoms with E-state index in [1.54, 1.807) is 0 Å². The molecular formula is C13H16N4O. The molecule has 1 aromatic heterocycles. The number of nitrogens with two attached hydrogens (primary N) is 1. The Morgan fingerprint density at radius 2 is 2.33 bits per heavy atom. The Hall–Kier alpha value is -1.72. The number of nitrogens with one attached hydrogen (secondary N) is 1. The van der Waals surface area contributed by atoms with E-state index in [0.717, 1.165) is 13.0 Å². The molecule has 94 valence electrons. The van der Waals surface area contributed by atoms with Gasteiger partial charge in [-0.25, -0.2) is 4.98 Å². The second kappa shape index (κ2) is 4.88. The average Bonchev–Trinajstić information content (AvgIpc) is 2.93. The number of benzene rings is 1. The molecule has 18 heavy (non-hydrogen) atoms. The second-order valence-electron chi connectivity index (χ2n) is 4.52. The Morgan fingerprint density at radius 3 is 3.17 bits per heavy atom. The van der Waals surface area contributed by atoms with Gasteiger partial charge >= 0.3 is 0 Å². The molecule has 0 radical (unpaired) electrons. The minimum absolute atomic E-state index is 0.0510. The number of aromatic amines is 1. The van der Waals surface area contributed by atoms with Gasteiger partial charge in [0.25, 0.3) is 0 Å². The molecule has 0 amide bonds. The van der Waals surface area contributed by atoms with Crippen molar-refractivity contribution in [2.75, 3.05) is 6.61 Å². The molecule has 3 N–H and O–H groups in total. The van der Waals surface area contributed by atoms with Crippen LogP contribution in [0, 0.1) is 0 Å². The molecule has 2 heterocycles. The number of aromatic nitrogens is 3. The molecule has 0 bridgehead atoms. The van der Waals surface area contributed by atoms with Gasteiger partial charge in [0.2, 0.25) is 0 Å². The number of fused-ring (bicyclic) bond motifs is 1. The number of hydrogen-bond acceptors (Lipinski definition) is 4. The van der Waals surface area contributed by atoms with Gasteiger partial charge in [-0.1, -0.05) is 24.3 Å². The van der Waals surface area contributed by atoms with Crippen LogP contribution >= 0.6 is 0 Å². The number of ether oxygens (including phenoxy) is 1. The number of hydrogen-bond donors (Lipinski definition) is 2. The van der Waals surface area contributed by atoms with Crippen LogP contribution in [0.15, 0.2) is 30.6 Å². The Kier molecular flexibility index (Phi) is 3.08. The maximum atomic E-state index is 6.11. The molecule has 0 saturated carbocycles. The van der Waals surface area contributed by atoms with Crippen molar-refractivity contribution in [1.29, 1.82) is 0 Å². The number of nitrogens with zero attached hydrogens (tertiary/aromatic N) is 2. The van der Waals surface area contributed by atoms with Crippen molar-refractivity contribution in [2.24, 2.45) is 5.73 Å². The van der Waals surface area contributed by atoms with E-state index in [4.69, 9.17) is 10.5 Å². The third-order valence-corrected chi connectivity index (χ3v) is 3.35. The first-order valence-electron chi connectivity index (χ1n) is 6.15. The van der Waals surface area contributed by atoms with Gasteiger partial charge in [-0.3, -0.25) is 5.10 Å². The smallest absolute Gasteiger partial charge is 0.141 e. The molecule has 2 atom stereocenters. The van der Waals surface area contributed by atoms with Crippen molar-refractivity contribution in [3.05, 3.63) is 47.5 Å². The molecule has 0 spiro atoms. The van der Waals surface area contributed by atoms with Crippen LogP contribution in [0.25, 0.3) is 0 Å². The van der Waals surface area contributed by atoms with Gasteiger partial charge in [0.1, 0.15) is 12.2 Å². The van der Waals surface area contributed by atoms with Gasteiger partial charge < -0.3 is 10.5 Å². The van der Waals surface area contributed by atoms with Crippen LogP contribution in [-0.4, -0.2) is 21.8 Å². The van der Waals surface area contributed by atoms with Crippen molar-refractivity contribution < 1.29 is 4.74 Å². The van der Waals surface area contributed by atoms with Crippen LogP contribution in [0.2, 0.25) is 0 Å². The van der Waals surface area contributed by atoms with E-state index >= 15 is 0 Å². The SMILES string of the molecule is NC(CC1OCCc2ccccc21)c1ncn[nH]1. The summed E-state index contributed by atoms with van der Waals surface area (Å²) >= 11 is 0. The van der Waals surface area contributed by atoms with E-state index in [-0.39, 0.29) is 12.1 Å². The first kappa shape index (κ1) is 11.4. The maximum Gasteiger partial charge on any atom is 0.141 e. The zero-order chi connectivity index (χ0) is 12.4. The highest BCUT2D eigenvalue weighted by molar-refractivity contribution is 5.31. The molecule has 0 saturated heterocycles. The topological polar surface area (TPSA) is 76.8 Å². The first-order chi connectivity index (χ1) is 8.84. The predicted molar refractivity (Wildman–Crippen MR) is 66.8 cm³/mol. The maximum absolute atomic E-state index is 6.11. The molecule has 0 aliphatic carbocycles. The summed E-state index contributed by atoms with van der Waals surface area (Å²) in [5.74, 6) is 0.710. The summed E-state index contributed by atoms with van der Waals surface area (Å²) in [6, 6.07) is 8.21. The minimum Gasteiger partial charge on any atom is -0.373 e. The normalized spacial score (nSPS) is 20.4. The molecule has 1 aliphatic rings. The van der Waals surface area contributed by atoms with Crippen LogP contribution in [0.3, 0.4) is 0 Å². The Morgan fingerprint density at radius 1 is 1.44 bits per heavy atom. The van der Waals surface area contributed by atoms with Gasteiger partial charge in [0.15, 0.2) is 0 Å². The zero-order valence-corrected chi connectivity index (χ0v) is 10.0. The lowest BCUT2D eigenvalue weighted by Crippen LogP contribution is -2.22. The Balaban J connectivity index is 1.78. The average molecular weight is 244 g/mol. The van der Waals surface area contributed by atoms with Crippen molar-refractivity contribution in [3.8, 4) is 0 Å². The molecule has 5 heteroatoms. The lowest BCUT2D eigenvalue weighted by atomic mass is 9.93. The van der Waals surface area contributed by atoms with Gasteiger partial charge in [-0.2, -0.15) is 5.10 Å². The summed E-state index contributed by atoms with van der Waals surface area (Å²) in [4.78, 5) is 4.09. The van der Waals surface area contributed by atoms with Crippen molar-refractivity contribution >= 4 is 0 Å². The molecule has 3 rings (SSSR count). The lowest BCUT2D eigenvalue weighted by molar-refractivity contribution is 0.0315. The molecule has 2 aromatic rings. The standard InChI is InChI=1S/C13H16N4O/c14-11(13-15-8-16-17-13)7-12-10-4-2-1-3-9(10)5-6-18-12/h1-4,8,11-12H,5-7,14H2,(H,15,16,17). The predicted octanol–water partition coefficient (Wildman–Crippen LogP) is 1.51. The quantitative estimate of drug-likeness (QED) is 0.858. The lowest BCUT2D eigenvalue weighted by Gasteiger charge is -2.27. The summed E-state index contributed by atoms with van der Waals surface area (Å²) in [6.07, 6.45) is 3.22. The van der Waals surface area contributed by atoms with Crippen LogP contribution in [0.5, 0.6) is 0 Å². The third kappa shape index (κ3) is 2.14. The van der Waals surface area contributed by atoms with E-state index in [9.17, 15) is 0 Å². The highest BCUT2D eigenvalue weighted by Crippen LogP contribution is 2.32. The summed E-state index contributed by atoms with van der Waals surface area (Å²) < 4.78 is 5.83. The highest BCUT2D eigenvalue weighted by Gasteiger charge is 2.24. The molecule has 1 aliphatic heterocycles. The highest BCUT2D eigenvalue weighted by atomic mass is 16.5. The summed E-state index contributed by atoms with van der Waals surface area (Å²) in [5, 5.41) is 6.63. The fourth-order valence-corrected chi connectivity index (χ4v) is 2.41. The third-order valence-electron chi connectivity index (χ3n) is 3.35. The number of H-pyrrole nitrogens is 1. The van der Waals surface area contributed by atoms with Crippen molar-refractivity contribution in [3.63, 3.8) is 0 Å². The largest absolute Gasteiger partial charge is 0.373 e. The number of rotatable bonds is 3. The second-order valence-corrected chi connectivity index (χ2v) is 4.52. The fraction of sp³-hybridized carbons (Fsp3) is 0.385. The van der Waals surface area contributed by atoms with E-state index in [1.165, 1.54) is 17.5 Å². The minimum atomic E-state index is -0.177. The van der Waals surface area contributed by atoms with Gasteiger partial charge in [0.05, 0.1) is 18.8 Å². The van der Waals surface area contributed by atoms with Crippen LogP contribution in [0.1, 0.15) is 35.5 Å². The molecule has 2 unspecified atom stereocenters. The fourth-order valence-electron chi connectivity index (χ4n) is 2.41. The van der Waals surface area contributed by atoms with E-state index in [0.29, 0.717) is 12.2 Å². The summed E-state index contributed by atoms with van der Waals surface area (Å²) in [6.45, 7) is 0.755. The van der Waals surface area contributed by atoms with Crippen LogP contribution in [-0.2, 0) is 11.2 Å². The van der Waals surface area contributed by atoms with E-state index < -0.39 is 0 Å². The molecule has 0 fully saturated rings. The van der Waals surface area contributed by atoms with E-state index in [1.807, 2.05) is 6.07 Å². The van der Waals surface area contributed by atoms with Crippen molar-refractivity contribution in [1.82, 2.24) is 15.2 Å². The molecular weight excluding hydrogens is 228 g/mol. The van der Waals surface area contributed by atoms with Crippen molar-refractivity contribution in [2.45, 2.75) is 25.0 Å². The molecule has 1 aromatic carbocycles. The van der Waals surface area contributed by atoms with Crippen LogP contribution < -0.4 is 5.73 Å². The Labute approximate surface area is 105 Å². The summed E-state index contributed by atoms with van der Waals surface area (Å²) in [7, 11) is 0. The van der Waals surface area contributed by atoms with Gasteiger partial charge in [-0.05, 0) is 17.5 Å². The first-order valence-corrected chi connectivity index (χ1v) is 6.15.